The Hall–Kier alpha value is -3.05. The van der Waals surface area contributed by atoms with E-state index in [1.807, 2.05) is 5.32 Å². The summed E-state index contributed by atoms with van der Waals surface area (Å²) in [5, 5.41) is 16.4. The Morgan fingerprint density at radius 2 is 2.00 bits per heavy atom. The summed E-state index contributed by atoms with van der Waals surface area (Å²) in [6.45, 7) is 1.37. The average molecular weight is 397 g/mol. The summed E-state index contributed by atoms with van der Waals surface area (Å²) in [5.41, 5.74) is 0.432. The van der Waals surface area contributed by atoms with Crippen LogP contribution in [0.3, 0.4) is 0 Å². The number of nitrogens with one attached hydrogen (secondary N) is 3. The van der Waals surface area contributed by atoms with Crippen molar-refractivity contribution < 1.29 is 19.1 Å². The molecule has 0 aliphatic carbocycles. The molecular weight excluding hydrogens is 387 g/mol. The second kappa shape index (κ2) is 7.06. The molecule has 3 rings (SSSR count). The summed E-state index contributed by atoms with van der Waals surface area (Å²) in [5.74, 6) is -0.932. The fourth-order valence-electron chi connectivity index (χ4n) is 1.98. The van der Waals surface area contributed by atoms with Gasteiger partial charge in [-0.1, -0.05) is 22.9 Å². The highest BCUT2D eigenvalue weighted by Crippen LogP contribution is 2.31. The van der Waals surface area contributed by atoms with Gasteiger partial charge in [0.15, 0.2) is 9.96 Å². The van der Waals surface area contributed by atoms with Gasteiger partial charge in [0.2, 0.25) is 11.9 Å². The molecule has 0 aliphatic heterocycles. The smallest absolute Gasteiger partial charge is 0.409 e. The van der Waals surface area contributed by atoms with E-state index >= 15 is 0 Å². The monoisotopic (exact) mass is 396 g/mol. The molecule has 2 aromatic heterocycles. The number of benzene rings is 1. The van der Waals surface area contributed by atoms with Crippen molar-refractivity contribution in [1.82, 2.24) is 15.0 Å². The van der Waals surface area contributed by atoms with Crippen LogP contribution in [0, 0.1) is 5.82 Å². The van der Waals surface area contributed by atoms with Gasteiger partial charge in [-0.05, 0) is 12.1 Å². The van der Waals surface area contributed by atoms with E-state index in [0.717, 1.165) is 17.4 Å². The first-order chi connectivity index (χ1) is 12.3. The van der Waals surface area contributed by atoms with Crippen LogP contribution in [-0.2, 0) is 4.79 Å². The lowest BCUT2D eigenvalue weighted by molar-refractivity contribution is -0.114. The molecule has 0 spiro atoms. The normalized spacial score (nSPS) is 10.6. The Balaban J connectivity index is 1.90. The van der Waals surface area contributed by atoms with Crippen LogP contribution in [0.1, 0.15) is 6.92 Å². The third kappa shape index (κ3) is 3.95. The molecule has 0 radical (unpaired) electrons. The third-order valence-corrected chi connectivity index (χ3v) is 4.17. The SMILES string of the molecule is CC(=O)Nc1nc2cnc(Nc3cc(NC(=O)O)c(F)cc3Cl)nc2s1. The van der Waals surface area contributed by atoms with E-state index in [-0.39, 0.29) is 28.3 Å². The summed E-state index contributed by atoms with van der Waals surface area (Å²) in [4.78, 5) is 34.8. The summed E-state index contributed by atoms with van der Waals surface area (Å²) in [7, 11) is 0. The minimum absolute atomic E-state index is 0.0189. The van der Waals surface area contributed by atoms with Crippen molar-refractivity contribution in [3.63, 3.8) is 0 Å². The Morgan fingerprint density at radius 1 is 1.23 bits per heavy atom. The summed E-state index contributed by atoms with van der Waals surface area (Å²) >= 11 is 7.13. The van der Waals surface area contributed by atoms with E-state index < -0.39 is 11.9 Å². The molecule has 134 valence electrons. The molecule has 26 heavy (non-hydrogen) atoms. The maximum absolute atomic E-state index is 13.7. The van der Waals surface area contributed by atoms with Crippen molar-refractivity contribution >= 4 is 67.7 Å². The zero-order chi connectivity index (χ0) is 18.8. The number of fused-ring (bicyclic) bond motifs is 1. The molecule has 1 aromatic carbocycles. The number of carbonyl (C=O) groups excluding carboxylic acids is 1. The molecular formula is C14H10ClFN6O3S. The largest absolute Gasteiger partial charge is 0.465 e. The quantitative estimate of drug-likeness (QED) is 0.529. The van der Waals surface area contributed by atoms with Crippen molar-refractivity contribution in [3.05, 3.63) is 29.2 Å². The van der Waals surface area contributed by atoms with E-state index in [1.165, 1.54) is 19.2 Å². The van der Waals surface area contributed by atoms with E-state index in [9.17, 15) is 14.0 Å². The molecule has 2 heterocycles. The molecule has 0 saturated heterocycles. The Kier molecular flexibility index (Phi) is 4.82. The highest BCUT2D eigenvalue weighted by Gasteiger charge is 2.13. The minimum atomic E-state index is -1.41. The molecule has 0 unspecified atom stereocenters. The van der Waals surface area contributed by atoms with Gasteiger partial charge in [0, 0.05) is 6.92 Å². The first-order valence-electron chi connectivity index (χ1n) is 6.99. The molecule has 9 nitrogen and oxygen atoms in total. The summed E-state index contributed by atoms with van der Waals surface area (Å²) in [6.07, 6.45) is 0.0327. The van der Waals surface area contributed by atoms with Gasteiger partial charge in [0.05, 0.1) is 22.6 Å². The summed E-state index contributed by atoms with van der Waals surface area (Å²) < 4.78 is 13.7. The zero-order valence-electron chi connectivity index (χ0n) is 13.0. The van der Waals surface area contributed by atoms with Gasteiger partial charge < -0.3 is 15.7 Å². The van der Waals surface area contributed by atoms with Gasteiger partial charge in [0.25, 0.3) is 0 Å². The second-order valence-electron chi connectivity index (χ2n) is 4.95. The standard InChI is InChI=1S/C14H10ClFN6O3S/c1-5(23)18-13-20-10-4-17-12(22-11(10)26-13)19-8-3-9(21-14(24)25)7(16)2-6(8)15/h2-4,21H,1H3,(H,24,25)(H,17,19,22)(H,18,20,23). The van der Waals surface area contributed by atoms with Crippen molar-refractivity contribution in [2.24, 2.45) is 0 Å². The zero-order valence-corrected chi connectivity index (χ0v) is 14.6. The number of carboxylic acid groups (broad SMARTS) is 1. The van der Waals surface area contributed by atoms with Gasteiger partial charge in [-0.15, -0.1) is 0 Å². The summed E-state index contributed by atoms with van der Waals surface area (Å²) in [6, 6.07) is 2.16. The first kappa shape index (κ1) is 17.8. The molecule has 0 saturated carbocycles. The Bertz CT molecular complexity index is 1030. The molecule has 0 aliphatic rings. The van der Waals surface area contributed by atoms with Gasteiger partial charge in [-0.3, -0.25) is 10.1 Å². The first-order valence-corrected chi connectivity index (χ1v) is 8.18. The highest BCUT2D eigenvalue weighted by atomic mass is 35.5. The van der Waals surface area contributed by atoms with Crippen molar-refractivity contribution in [2.45, 2.75) is 6.92 Å². The van der Waals surface area contributed by atoms with E-state index in [0.29, 0.717) is 15.5 Å². The van der Waals surface area contributed by atoms with Crippen LogP contribution >= 0.6 is 22.9 Å². The van der Waals surface area contributed by atoms with E-state index in [2.05, 4.69) is 25.6 Å². The number of carbonyl (C=O) groups is 2. The van der Waals surface area contributed by atoms with Crippen molar-refractivity contribution in [2.75, 3.05) is 16.0 Å². The number of nitrogens with zero attached hydrogens (tertiary/aromatic N) is 3. The Morgan fingerprint density at radius 3 is 2.69 bits per heavy atom. The number of amides is 2. The van der Waals surface area contributed by atoms with Crippen LogP contribution in [0.4, 0.5) is 31.6 Å². The molecule has 2 amide bonds. The maximum atomic E-state index is 13.7. The van der Waals surface area contributed by atoms with Crippen LogP contribution < -0.4 is 16.0 Å². The number of thiazole rings is 1. The van der Waals surface area contributed by atoms with Crippen molar-refractivity contribution in [3.8, 4) is 0 Å². The lowest BCUT2D eigenvalue weighted by atomic mass is 10.2. The third-order valence-electron chi connectivity index (χ3n) is 2.98. The fourth-order valence-corrected chi connectivity index (χ4v) is 3.03. The van der Waals surface area contributed by atoms with E-state index in [1.54, 1.807) is 0 Å². The molecule has 0 fully saturated rings. The van der Waals surface area contributed by atoms with Crippen LogP contribution in [0.2, 0.25) is 5.02 Å². The average Bonchev–Trinajstić information content (AvgIpc) is 2.92. The fraction of sp³-hybridized carbons (Fsp3) is 0.0714. The van der Waals surface area contributed by atoms with Crippen molar-refractivity contribution in [1.29, 1.82) is 0 Å². The molecule has 4 N–H and O–H groups in total. The molecule has 12 heteroatoms. The number of aromatic nitrogens is 3. The lowest BCUT2D eigenvalue weighted by Crippen LogP contribution is -2.09. The number of rotatable bonds is 4. The van der Waals surface area contributed by atoms with Crippen LogP contribution in [-0.4, -0.2) is 32.1 Å². The minimum Gasteiger partial charge on any atom is -0.465 e. The van der Waals surface area contributed by atoms with Gasteiger partial charge in [-0.25, -0.2) is 19.2 Å². The van der Waals surface area contributed by atoms with Gasteiger partial charge in [-0.2, -0.15) is 4.98 Å². The van der Waals surface area contributed by atoms with Crippen LogP contribution in [0.5, 0.6) is 0 Å². The van der Waals surface area contributed by atoms with Crippen LogP contribution in [0.25, 0.3) is 10.3 Å². The Labute approximate surface area is 154 Å². The van der Waals surface area contributed by atoms with Gasteiger partial charge >= 0.3 is 6.09 Å². The predicted molar refractivity (Wildman–Crippen MR) is 95.9 cm³/mol. The number of halogens is 2. The predicted octanol–water partition coefficient (Wildman–Crippen LogP) is 3.67. The second-order valence-corrected chi connectivity index (χ2v) is 6.34. The van der Waals surface area contributed by atoms with E-state index in [4.69, 9.17) is 16.7 Å². The molecule has 3 aromatic rings. The van der Waals surface area contributed by atoms with Gasteiger partial charge in [0.1, 0.15) is 11.3 Å². The highest BCUT2D eigenvalue weighted by molar-refractivity contribution is 7.21. The maximum Gasteiger partial charge on any atom is 0.409 e. The number of hydrogen-bond donors (Lipinski definition) is 4. The van der Waals surface area contributed by atoms with Crippen LogP contribution in [0.15, 0.2) is 18.3 Å². The lowest BCUT2D eigenvalue weighted by Gasteiger charge is -2.10. The topological polar surface area (TPSA) is 129 Å². The molecule has 0 bridgehead atoms. The molecule has 0 atom stereocenters. The number of anilines is 4. The number of hydrogen-bond acceptors (Lipinski definition) is 7.